The quantitative estimate of drug-likeness (QED) is 0.553. The molecule has 0 spiro atoms. The Morgan fingerprint density at radius 1 is 1.36 bits per heavy atom. The van der Waals surface area contributed by atoms with Crippen molar-refractivity contribution in [3.05, 3.63) is 15.6 Å². The summed E-state index contributed by atoms with van der Waals surface area (Å²) in [6, 6.07) is 0. The number of aryl methyl sites for hydroxylation is 2. The van der Waals surface area contributed by atoms with Crippen molar-refractivity contribution in [2.75, 3.05) is 19.6 Å². The number of aliphatic hydroxyl groups excluding tert-OH is 1. The van der Waals surface area contributed by atoms with Crippen molar-refractivity contribution in [2.45, 2.75) is 52.6 Å². The Labute approximate surface area is 137 Å². The fraction of sp³-hybridized carbons (Fsp3) is 0.750. The number of guanidine groups is 1. The van der Waals surface area contributed by atoms with Gasteiger partial charge in [-0.15, -0.1) is 11.3 Å². The third kappa shape index (κ3) is 4.95. The topological polar surface area (TPSA) is 69.5 Å². The van der Waals surface area contributed by atoms with Gasteiger partial charge in [-0.05, 0) is 33.6 Å². The minimum Gasteiger partial charge on any atom is -0.393 e. The van der Waals surface area contributed by atoms with E-state index in [0.717, 1.165) is 50.4 Å². The molecule has 5 nitrogen and oxygen atoms in total. The zero-order valence-corrected chi connectivity index (χ0v) is 14.7. The van der Waals surface area contributed by atoms with Crippen LogP contribution in [-0.2, 0) is 6.42 Å². The second-order valence-corrected chi connectivity index (χ2v) is 7.19. The molecule has 0 amide bonds. The van der Waals surface area contributed by atoms with E-state index in [1.54, 1.807) is 11.3 Å². The molecule has 0 aliphatic heterocycles. The van der Waals surface area contributed by atoms with Gasteiger partial charge in [0.2, 0.25) is 0 Å². The molecule has 6 heteroatoms. The molecule has 1 fully saturated rings. The first-order chi connectivity index (χ1) is 10.6. The van der Waals surface area contributed by atoms with Crippen molar-refractivity contribution >= 4 is 17.3 Å². The molecule has 22 heavy (non-hydrogen) atoms. The summed E-state index contributed by atoms with van der Waals surface area (Å²) < 4.78 is 0. The van der Waals surface area contributed by atoms with Crippen molar-refractivity contribution < 1.29 is 5.11 Å². The first kappa shape index (κ1) is 17.2. The highest BCUT2D eigenvalue weighted by molar-refractivity contribution is 7.11. The maximum absolute atomic E-state index is 9.87. The number of rotatable bonds is 6. The standard InChI is InChI=1S/C16H28N4OS/c1-4-17-16(19-10-13-6-5-7-14(13)21)18-9-8-15-20-11(2)12(3)22-15/h13-14,21H,4-10H2,1-3H3,(H2,17,18,19). The van der Waals surface area contributed by atoms with Gasteiger partial charge in [0.05, 0.1) is 16.8 Å². The summed E-state index contributed by atoms with van der Waals surface area (Å²) in [4.78, 5) is 10.5. The summed E-state index contributed by atoms with van der Waals surface area (Å²) in [6.07, 6.45) is 3.87. The van der Waals surface area contributed by atoms with Crippen LogP contribution in [0.2, 0.25) is 0 Å². The Balaban J connectivity index is 1.80. The highest BCUT2D eigenvalue weighted by atomic mass is 32.1. The second-order valence-electron chi connectivity index (χ2n) is 5.90. The van der Waals surface area contributed by atoms with E-state index in [0.29, 0.717) is 12.5 Å². The zero-order chi connectivity index (χ0) is 15.9. The Hall–Kier alpha value is -1.14. The third-order valence-electron chi connectivity index (χ3n) is 4.15. The summed E-state index contributed by atoms with van der Waals surface area (Å²) in [5.74, 6) is 1.16. The lowest BCUT2D eigenvalue weighted by atomic mass is 10.1. The molecule has 1 aromatic rings. The van der Waals surface area contributed by atoms with E-state index in [9.17, 15) is 5.11 Å². The summed E-state index contributed by atoms with van der Waals surface area (Å²) >= 11 is 1.77. The summed E-state index contributed by atoms with van der Waals surface area (Å²) in [7, 11) is 0. The van der Waals surface area contributed by atoms with Gasteiger partial charge in [-0.3, -0.25) is 4.99 Å². The molecule has 2 unspecified atom stereocenters. The summed E-state index contributed by atoms with van der Waals surface area (Å²) in [5, 5.41) is 17.7. The van der Waals surface area contributed by atoms with Gasteiger partial charge in [-0.2, -0.15) is 0 Å². The van der Waals surface area contributed by atoms with Gasteiger partial charge in [0, 0.05) is 36.9 Å². The van der Waals surface area contributed by atoms with E-state index >= 15 is 0 Å². The lowest BCUT2D eigenvalue weighted by molar-refractivity contribution is 0.136. The van der Waals surface area contributed by atoms with E-state index < -0.39 is 0 Å². The summed E-state index contributed by atoms with van der Waals surface area (Å²) in [5.41, 5.74) is 1.13. The lowest BCUT2D eigenvalue weighted by Crippen LogP contribution is -2.39. The molecule has 0 aromatic carbocycles. The maximum Gasteiger partial charge on any atom is 0.191 e. The number of thiazole rings is 1. The minimum atomic E-state index is -0.173. The van der Waals surface area contributed by atoms with Crippen LogP contribution in [0, 0.1) is 19.8 Å². The predicted molar refractivity (Wildman–Crippen MR) is 92.6 cm³/mol. The van der Waals surface area contributed by atoms with E-state index in [1.807, 2.05) is 0 Å². The van der Waals surface area contributed by atoms with Crippen LogP contribution in [0.1, 0.15) is 41.8 Å². The number of hydrogen-bond donors (Lipinski definition) is 3. The molecule has 0 bridgehead atoms. The van der Waals surface area contributed by atoms with Gasteiger partial charge < -0.3 is 15.7 Å². The van der Waals surface area contributed by atoms with E-state index in [2.05, 4.69) is 41.4 Å². The number of aliphatic hydroxyl groups is 1. The molecule has 0 saturated heterocycles. The van der Waals surface area contributed by atoms with E-state index in [-0.39, 0.29) is 6.10 Å². The molecule has 1 aliphatic rings. The molecule has 1 heterocycles. The van der Waals surface area contributed by atoms with Gasteiger partial charge in [-0.1, -0.05) is 6.42 Å². The molecule has 124 valence electrons. The maximum atomic E-state index is 9.87. The first-order valence-electron chi connectivity index (χ1n) is 8.23. The molecule has 1 aromatic heterocycles. The molecule has 0 radical (unpaired) electrons. The van der Waals surface area contributed by atoms with Crippen LogP contribution < -0.4 is 10.6 Å². The van der Waals surface area contributed by atoms with Crippen molar-refractivity contribution in [3.8, 4) is 0 Å². The smallest absolute Gasteiger partial charge is 0.191 e. The van der Waals surface area contributed by atoms with Crippen molar-refractivity contribution in [1.29, 1.82) is 0 Å². The van der Waals surface area contributed by atoms with Crippen LogP contribution in [0.15, 0.2) is 4.99 Å². The summed E-state index contributed by atoms with van der Waals surface area (Å²) in [6.45, 7) is 8.60. The van der Waals surface area contributed by atoms with Crippen molar-refractivity contribution in [3.63, 3.8) is 0 Å². The number of aliphatic imine (C=N–C) groups is 1. The van der Waals surface area contributed by atoms with Crippen LogP contribution in [0.25, 0.3) is 0 Å². The highest BCUT2D eigenvalue weighted by Gasteiger charge is 2.24. The fourth-order valence-electron chi connectivity index (χ4n) is 2.71. The zero-order valence-electron chi connectivity index (χ0n) is 13.9. The Morgan fingerprint density at radius 2 is 2.18 bits per heavy atom. The SMILES string of the molecule is CCNC(=NCC1CCCC1O)NCCc1nc(C)c(C)s1. The number of aromatic nitrogens is 1. The monoisotopic (exact) mass is 324 g/mol. The molecule has 3 N–H and O–H groups in total. The number of nitrogens with zero attached hydrogens (tertiary/aromatic N) is 2. The molecular formula is C16H28N4OS. The molecular weight excluding hydrogens is 296 g/mol. The second kappa shape index (κ2) is 8.48. The first-order valence-corrected chi connectivity index (χ1v) is 9.05. The average Bonchev–Trinajstić information content (AvgIpc) is 3.02. The van der Waals surface area contributed by atoms with Gasteiger partial charge in [0.25, 0.3) is 0 Å². The Bertz CT molecular complexity index is 481. The highest BCUT2D eigenvalue weighted by Crippen LogP contribution is 2.25. The van der Waals surface area contributed by atoms with Crippen LogP contribution >= 0.6 is 11.3 Å². The minimum absolute atomic E-state index is 0.173. The molecule has 2 rings (SSSR count). The van der Waals surface area contributed by atoms with Gasteiger partial charge >= 0.3 is 0 Å². The average molecular weight is 324 g/mol. The Kier molecular flexibility index (Phi) is 6.64. The third-order valence-corrected chi connectivity index (χ3v) is 5.28. The number of nitrogens with one attached hydrogen (secondary N) is 2. The van der Waals surface area contributed by atoms with Gasteiger partial charge in [-0.25, -0.2) is 4.98 Å². The van der Waals surface area contributed by atoms with Gasteiger partial charge in [0.1, 0.15) is 0 Å². The van der Waals surface area contributed by atoms with Crippen LogP contribution in [-0.4, -0.2) is 41.8 Å². The van der Waals surface area contributed by atoms with E-state index in [1.165, 1.54) is 9.88 Å². The predicted octanol–water partition coefficient (Wildman–Crippen LogP) is 2.02. The van der Waals surface area contributed by atoms with Crippen molar-refractivity contribution in [1.82, 2.24) is 15.6 Å². The van der Waals surface area contributed by atoms with Crippen LogP contribution in [0.3, 0.4) is 0 Å². The molecule has 1 aliphatic carbocycles. The van der Waals surface area contributed by atoms with E-state index in [4.69, 9.17) is 0 Å². The molecule has 2 atom stereocenters. The van der Waals surface area contributed by atoms with Crippen molar-refractivity contribution in [2.24, 2.45) is 10.9 Å². The van der Waals surface area contributed by atoms with Gasteiger partial charge in [0.15, 0.2) is 5.96 Å². The largest absolute Gasteiger partial charge is 0.393 e. The fourth-order valence-corrected chi connectivity index (χ4v) is 3.65. The van der Waals surface area contributed by atoms with Crippen LogP contribution in [0.4, 0.5) is 0 Å². The normalized spacial score (nSPS) is 22.1. The lowest BCUT2D eigenvalue weighted by Gasteiger charge is -2.14. The Morgan fingerprint density at radius 3 is 2.77 bits per heavy atom. The molecule has 1 saturated carbocycles. The van der Waals surface area contributed by atoms with Crippen LogP contribution in [0.5, 0.6) is 0 Å². The number of hydrogen-bond acceptors (Lipinski definition) is 4.